The van der Waals surface area contributed by atoms with Crippen molar-refractivity contribution in [2.45, 2.75) is 26.2 Å². The molecule has 9 rings (SSSR count). The van der Waals surface area contributed by atoms with E-state index in [-0.39, 0.29) is 25.8 Å². The Morgan fingerprint density at radius 1 is 0.646 bits per heavy atom. The number of aromatic nitrogens is 5. The van der Waals surface area contributed by atoms with Crippen LogP contribution >= 0.6 is 0 Å². The quantitative estimate of drug-likeness (QED) is 0.104. The summed E-state index contributed by atoms with van der Waals surface area (Å²) in [5, 5.41) is 5.16. The molecule has 0 radical (unpaired) electrons. The zero-order valence-electron chi connectivity index (χ0n) is 26.5. The second-order valence-electron chi connectivity index (χ2n) is 12.9. The van der Waals surface area contributed by atoms with Crippen LogP contribution in [0.1, 0.15) is 26.3 Å². The van der Waals surface area contributed by atoms with Crippen molar-refractivity contribution >= 4 is 49.4 Å². The topological polar surface area (TPSA) is 57.2 Å². The molecule has 7 heteroatoms. The maximum absolute atomic E-state index is 6.48. The molecule has 0 bridgehead atoms. The Morgan fingerprint density at radius 3 is 2.17 bits per heavy atom. The molecule has 0 atom stereocenters. The summed E-state index contributed by atoms with van der Waals surface area (Å²) < 4.78 is 10.7. The van der Waals surface area contributed by atoms with Gasteiger partial charge in [-0.1, -0.05) is 91.8 Å². The Labute approximate surface area is 291 Å². The van der Waals surface area contributed by atoms with Gasteiger partial charge in [0.25, 0.3) is 0 Å². The van der Waals surface area contributed by atoms with Gasteiger partial charge < -0.3 is 13.7 Å². The summed E-state index contributed by atoms with van der Waals surface area (Å²) in [6.07, 6.45) is 5.70. The second-order valence-corrected chi connectivity index (χ2v) is 12.9. The second kappa shape index (κ2) is 11.4. The van der Waals surface area contributed by atoms with Gasteiger partial charge in [0, 0.05) is 46.4 Å². The van der Waals surface area contributed by atoms with Gasteiger partial charge in [-0.15, -0.1) is 30.3 Å². The van der Waals surface area contributed by atoms with Crippen LogP contribution in [0.3, 0.4) is 0 Å². The summed E-state index contributed by atoms with van der Waals surface area (Å²) in [6, 6.07) is 42.1. The van der Waals surface area contributed by atoms with Crippen LogP contribution in [0.4, 0.5) is 0 Å². The zero-order valence-corrected chi connectivity index (χ0v) is 28.1. The number of ether oxygens (including phenoxy) is 1. The van der Waals surface area contributed by atoms with E-state index >= 15 is 0 Å². The molecule has 0 fully saturated rings. The summed E-state index contributed by atoms with van der Waals surface area (Å²) in [5.41, 5.74) is 7.64. The molecule has 0 aliphatic rings. The summed E-state index contributed by atoms with van der Waals surface area (Å²) in [4.78, 5) is 14.6. The predicted molar refractivity (Wildman–Crippen MR) is 188 cm³/mol. The Hall–Kier alpha value is -5.35. The average Bonchev–Trinajstić information content (AvgIpc) is 3.69. The third kappa shape index (κ3) is 4.86. The van der Waals surface area contributed by atoms with Gasteiger partial charge in [-0.2, -0.15) is 6.07 Å². The summed E-state index contributed by atoms with van der Waals surface area (Å²) in [6.45, 7) is 6.71. The standard InChI is InChI=1S/C41H29N5O.Pd/c1-41(2,3)27-16-18-32-34-15-9-21-43-39(34)46(37(32)22-27)28-12-7-13-29(23-28)47-30-17-19-31-33-14-8-20-42-38(33)45-25-36(26-10-5-4-6-11-26)44-40(45)35(31)24-30;/h4-22,25H,1-3H3;/q-2;+2. The molecular formula is C41H29N5OPd. The van der Waals surface area contributed by atoms with E-state index in [1.807, 2.05) is 77.6 Å². The predicted octanol–water partition coefficient (Wildman–Crippen LogP) is 9.88. The molecule has 0 aliphatic heterocycles. The van der Waals surface area contributed by atoms with Gasteiger partial charge in [-0.3, -0.25) is 4.98 Å². The fraction of sp³-hybridized carbons (Fsp3) is 0.0976. The van der Waals surface area contributed by atoms with Crippen LogP contribution < -0.4 is 4.74 Å². The van der Waals surface area contributed by atoms with E-state index < -0.39 is 0 Å². The number of pyridine rings is 3. The van der Waals surface area contributed by atoms with E-state index in [2.05, 4.69) is 86.0 Å². The molecule has 0 saturated heterocycles. The molecule has 48 heavy (non-hydrogen) atoms. The average molecular weight is 714 g/mol. The molecule has 0 amide bonds. The van der Waals surface area contributed by atoms with Crippen LogP contribution in [0.2, 0.25) is 0 Å². The number of benzene rings is 4. The molecule has 5 aromatic heterocycles. The first-order chi connectivity index (χ1) is 22.9. The number of hydrogen-bond donors (Lipinski definition) is 0. The van der Waals surface area contributed by atoms with E-state index in [0.29, 0.717) is 11.5 Å². The van der Waals surface area contributed by atoms with E-state index in [0.717, 1.165) is 66.3 Å². The van der Waals surface area contributed by atoms with Gasteiger partial charge >= 0.3 is 20.4 Å². The number of fused-ring (bicyclic) bond motifs is 9. The number of nitrogens with zero attached hydrogens (tertiary/aromatic N) is 5. The number of hydrogen-bond acceptors (Lipinski definition) is 4. The molecule has 0 saturated carbocycles. The van der Waals surface area contributed by atoms with Crippen LogP contribution in [0, 0.1) is 12.1 Å². The molecule has 0 N–H and O–H groups in total. The normalized spacial score (nSPS) is 11.9. The third-order valence-corrected chi connectivity index (χ3v) is 8.83. The molecule has 6 nitrogen and oxygen atoms in total. The van der Waals surface area contributed by atoms with Gasteiger partial charge in [0.15, 0.2) is 0 Å². The minimum absolute atomic E-state index is 0. The van der Waals surface area contributed by atoms with Crippen molar-refractivity contribution in [1.82, 2.24) is 23.9 Å². The first kappa shape index (κ1) is 30.0. The van der Waals surface area contributed by atoms with Gasteiger partial charge in [-0.25, -0.2) is 9.97 Å². The van der Waals surface area contributed by atoms with Crippen molar-refractivity contribution in [3.63, 3.8) is 0 Å². The first-order valence-corrected chi connectivity index (χ1v) is 15.7. The molecule has 9 aromatic rings. The van der Waals surface area contributed by atoms with E-state index in [1.54, 1.807) is 0 Å². The maximum Gasteiger partial charge on any atom is 2.00 e. The van der Waals surface area contributed by atoms with Crippen molar-refractivity contribution < 1.29 is 25.2 Å². The van der Waals surface area contributed by atoms with E-state index in [4.69, 9.17) is 19.7 Å². The Bertz CT molecular complexity index is 2650. The van der Waals surface area contributed by atoms with Gasteiger partial charge in [-0.05, 0) is 40.6 Å². The van der Waals surface area contributed by atoms with Crippen LogP contribution in [0.25, 0.3) is 66.3 Å². The first-order valence-electron chi connectivity index (χ1n) is 15.7. The van der Waals surface area contributed by atoms with Gasteiger partial charge in [0.1, 0.15) is 11.3 Å². The van der Waals surface area contributed by atoms with Crippen molar-refractivity contribution in [1.29, 1.82) is 0 Å². The van der Waals surface area contributed by atoms with Gasteiger partial charge in [0.2, 0.25) is 0 Å². The van der Waals surface area contributed by atoms with Crippen LogP contribution in [0.5, 0.6) is 11.5 Å². The van der Waals surface area contributed by atoms with E-state index in [1.165, 1.54) is 5.56 Å². The summed E-state index contributed by atoms with van der Waals surface area (Å²) in [7, 11) is 0. The van der Waals surface area contributed by atoms with Crippen molar-refractivity contribution in [3.05, 3.63) is 139 Å². The smallest absolute Gasteiger partial charge is 0.503 e. The monoisotopic (exact) mass is 713 g/mol. The molecule has 5 heterocycles. The molecule has 234 valence electrons. The van der Waals surface area contributed by atoms with Gasteiger partial charge in [0.05, 0.1) is 16.9 Å². The number of rotatable bonds is 4. The summed E-state index contributed by atoms with van der Waals surface area (Å²) >= 11 is 0. The molecule has 0 aliphatic carbocycles. The third-order valence-electron chi connectivity index (χ3n) is 8.83. The Morgan fingerprint density at radius 2 is 1.38 bits per heavy atom. The Kier molecular flexibility index (Phi) is 7.14. The summed E-state index contributed by atoms with van der Waals surface area (Å²) in [5.74, 6) is 1.17. The molecule has 0 unspecified atom stereocenters. The Balaban J connectivity index is 0.00000336. The fourth-order valence-electron chi connectivity index (χ4n) is 6.50. The minimum atomic E-state index is 0. The minimum Gasteiger partial charge on any atom is -0.503 e. The molecule has 4 aromatic carbocycles. The van der Waals surface area contributed by atoms with Crippen molar-refractivity contribution in [2.24, 2.45) is 0 Å². The van der Waals surface area contributed by atoms with Crippen LogP contribution in [-0.4, -0.2) is 23.9 Å². The largest absolute Gasteiger partial charge is 2.00 e. The van der Waals surface area contributed by atoms with Crippen LogP contribution in [0.15, 0.2) is 122 Å². The maximum atomic E-state index is 6.48. The van der Waals surface area contributed by atoms with Crippen molar-refractivity contribution in [2.75, 3.05) is 0 Å². The molecule has 0 spiro atoms. The fourth-order valence-corrected chi connectivity index (χ4v) is 6.50. The SMILES string of the molecule is CC(C)(C)c1ccc2c3cccnc3n(-c3[c-]c(Oc4[c-]c5c(cc4)c4cccnc4n4cc(-c6ccccc6)nc54)ccc3)c2c1.[Pd+2]. The molecular weight excluding hydrogens is 685 g/mol. The number of imidazole rings is 1. The zero-order chi connectivity index (χ0) is 31.7. The van der Waals surface area contributed by atoms with Crippen molar-refractivity contribution in [3.8, 4) is 28.4 Å². The van der Waals surface area contributed by atoms with Crippen LogP contribution in [-0.2, 0) is 25.8 Å². The van der Waals surface area contributed by atoms with E-state index in [9.17, 15) is 0 Å².